The number of rotatable bonds is 3. The molecule has 0 amide bonds. The Morgan fingerprint density at radius 1 is 1.33 bits per heavy atom. The van der Waals surface area contributed by atoms with Crippen molar-refractivity contribution < 1.29 is 4.39 Å². The van der Waals surface area contributed by atoms with Crippen molar-refractivity contribution in [3.05, 3.63) is 46.0 Å². The lowest BCUT2D eigenvalue weighted by molar-refractivity contribution is 0.614. The van der Waals surface area contributed by atoms with Crippen molar-refractivity contribution in [1.82, 2.24) is 15.3 Å². The topological polar surface area (TPSA) is 37.8 Å². The van der Waals surface area contributed by atoms with Gasteiger partial charge in [-0.3, -0.25) is 0 Å². The van der Waals surface area contributed by atoms with Gasteiger partial charge in [-0.05, 0) is 43.1 Å². The summed E-state index contributed by atoms with van der Waals surface area (Å²) in [4.78, 5) is 9.33. The Morgan fingerprint density at radius 2 is 2.19 bits per heavy atom. The van der Waals surface area contributed by atoms with Gasteiger partial charge in [-0.1, -0.05) is 24.9 Å². The lowest BCUT2D eigenvalue weighted by atomic mass is 10.0. The van der Waals surface area contributed by atoms with E-state index in [1.807, 2.05) is 0 Å². The fourth-order valence-electron chi connectivity index (χ4n) is 2.67. The molecule has 1 aliphatic heterocycles. The van der Waals surface area contributed by atoms with Crippen LogP contribution in [-0.2, 0) is 19.4 Å². The predicted octanol–water partition coefficient (Wildman–Crippen LogP) is 3.53. The summed E-state index contributed by atoms with van der Waals surface area (Å²) in [6, 6.07) is 4.34. The Morgan fingerprint density at radius 3 is 2.95 bits per heavy atom. The molecule has 0 atom stereocenters. The van der Waals surface area contributed by atoms with Crippen LogP contribution in [0, 0.1) is 5.82 Å². The van der Waals surface area contributed by atoms with Crippen LogP contribution in [-0.4, -0.2) is 16.5 Å². The molecule has 0 bridgehead atoms. The van der Waals surface area contributed by atoms with E-state index >= 15 is 0 Å². The fraction of sp³-hybridized carbons (Fsp3) is 0.375. The molecule has 3 nitrogen and oxygen atoms in total. The molecule has 1 aliphatic rings. The van der Waals surface area contributed by atoms with Crippen LogP contribution in [0.4, 0.5) is 4.39 Å². The number of nitrogens with one attached hydrogen (secondary N) is 1. The van der Waals surface area contributed by atoms with Gasteiger partial charge < -0.3 is 5.32 Å². The molecule has 0 aliphatic carbocycles. The van der Waals surface area contributed by atoms with Gasteiger partial charge in [0.1, 0.15) is 5.82 Å². The molecule has 0 saturated heterocycles. The van der Waals surface area contributed by atoms with Crippen LogP contribution >= 0.6 is 11.6 Å². The minimum Gasteiger partial charge on any atom is -0.311 e. The molecule has 0 unspecified atom stereocenters. The SMILES string of the molecule is CCCc1nc(-c2ccc(F)cc2Cl)nc2c1CCNC2. The highest BCUT2D eigenvalue weighted by atomic mass is 35.5. The van der Waals surface area contributed by atoms with Crippen LogP contribution in [0.1, 0.15) is 30.3 Å². The normalized spacial score (nSPS) is 14.0. The zero-order valence-corrected chi connectivity index (χ0v) is 12.7. The Bertz CT molecular complexity index is 673. The van der Waals surface area contributed by atoms with E-state index in [1.165, 1.54) is 17.7 Å². The summed E-state index contributed by atoms with van der Waals surface area (Å²) in [6.45, 7) is 3.85. The van der Waals surface area contributed by atoms with Gasteiger partial charge in [-0.15, -0.1) is 0 Å². The second kappa shape index (κ2) is 6.08. The summed E-state index contributed by atoms with van der Waals surface area (Å²) in [5, 5.41) is 3.68. The van der Waals surface area contributed by atoms with E-state index in [2.05, 4.69) is 17.2 Å². The van der Waals surface area contributed by atoms with Crippen molar-refractivity contribution in [1.29, 1.82) is 0 Å². The summed E-state index contributed by atoms with van der Waals surface area (Å²) >= 11 is 6.14. The van der Waals surface area contributed by atoms with Crippen molar-refractivity contribution in [2.24, 2.45) is 0 Å². The average Bonchev–Trinajstić information content (AvgIpc) is 2.47. The first-order valence-corrected chi connectivity index (χ1v) is 7.61. The van der Waals surface area contributed by atoms with Crippen molar-refractivity contribution in [2.45, 2.75) is 32.7 Å². The van der Waals surface area contributed by atoms with E-state index in [4.69, 9.17) is 16.6 Å². The molecule has 0 saturated carbocycles. The molecule has 0 radical (unpaired) electrons. The van der Waals surface area contributed by atoms with Crippen molar-refractivity contribution >= 4 is 11.6 Å². The third-order valence-corrected chi connectivity index (χ3v) is 3.99. The van der Waals surface area contributed by atoms with Crippen molar-refractivity contribution in [3.63, 3.8) is 0 Å². The first-order chi connectivity index (χ1) is 10.2. The highest BCUT2D eigenvalue weighted by Crippen LogP contribution is 2.28. The van der Waals surface area contributed by atoms with Crippen LogP contribution in [0.3, 0.4) is 0 Å². The average molecular weight is 306 g/mol. The summed E-state index contributed by atoms with van der Waals surface area (Å²) < 4.78 is 13.2. The number of nitrogens with zero attached hydrogens (tertiary/aromatic N) is 2. The van der Waals surface area contributed by atoms with Crippen LogP contribution in [0.15, 0.2) is 18.2 Å². The molecule has 1 aromatic carbocycles. The first kappa shape index (κ1) is 14.4. The van der Waals surface area contributed by atoms with Crippen LogP contribution in [0.25, 0.3) is 11.4 Å². The van der Waals surface area contributed by atoms with Gasteiger partial charge in [0.15, 0.2) is 5.82 Å². The largest absolute Gasteiger partial charge is 0.311 e. The van der Waals surface area contributed by atoms with Crippen LogP contribution in [0.5, 0.6) is 0 Å². The molecular weight excluding hydrogens is 289 g/mol. The van der Waals surface area contributed by atoms with Crippen LogP contribution in [0.2, 0.25) is 5.02 Å². The van der Waals surface area contributed by atoms with Crippen molar-refractivity contribution in [2.75, 3.05) is 6.54 Å². The zero-order chi connectivity index (χ0) is 14.8. The number of benzene rings is 1. The third kappa shape index (κ3) is 2.92. The van der Waals surface area contributed by atoms with E-state index in [0.29, 0.717) is 16.4 Å². The van der Waals surface area contributed by atoms with Gasteiger partial charge in [0, 0.05) is 17.8 Å². The smallest absolute Gasteiger partial charge is 0.161 e. The Balaban J connectivity index is 2.12. The maximum atomic E-state index is 13.2. The number of hydrogen-bond acceptors (Lipinski definition) is 3. The minimum absolute atomic E-state index is 0.348. The zero-order valence-electron chi connectivity index (χ0n) is 11.9. The summed E-state index contributed by atoms with van der Waals surface area (Å²) in [5.41, 5.74) is 4.08. The predicted molar refractivity (Wildman–Crippen MR) is 81.8 cm³/mol. The Hall–Kier alpha value is -1.52. The standard InChI is InChI=1S/C16H17ClFN3/c1-2-3-14-12-6-7-19-9-15(12)21-16(20-14)11-5-4-10(18)8-13(11)17/h4-5,8,19H,2-3,6-7,9H2,1H3. The molecule has 1 N–H and O–H groups in total. The molecule has 3 rings (SSSR count). The van der Waals surface area contributed by atoms with Gasteiger partial charge in [-0.2, -0.15) is 0 Å². The second-order valence-electron chi connectivity index (χ2n) is 5.22. The van der Waals surface area contributed by atoms with Gasteiger partial charge in [0.25, 0.3) is 0 Å². The van der Waals surface area contributed by atoms with Gasteiger partial charge in [0.2, 0.25) is 0 Å². The highest BCUT2D eigenvalue weighted by molar-refractivity contribution is 6.33. The molecule has 0 spiro atoms. The number of fused-ring (bicyclic) bond motifs is 1. The summed E-state index contributed by atoms with van der Waals surface area (Å²) in [6.07, 6.45) is 2.92. The lowest BCUT2D eigenvalue weighted by Gasteiger charge is -2.20. The minimum atomic E-state index is -0.350. The lowest BCUT2D eigenvalue weighted by Crippen LogP contribution is -2.26. The molecule has 110 valence electrons. The molecule has 21 heavy (non-hydrogen) atoms. The number of halogens is 2. The van der Waals surface area contributed by atoms with Gasteiger partial charge in [0.05, 0.1) is 10.7 Å². The first-order valence-electron chi connectivity index (χ1n) is 7.24. The maximum Gasteiger partial charge on any atom is 0.161 e. The Labute approximate surface area is 128 Å². The molecule has 2 heterocycles. The summed E-state index contributed by atoms with van der Waals surface area (Å²) in [5.74, 6) is 0.239. The second-order valence-corrected chi connectivity index (χ2v) is 5.63. The number of aromatic nitrogens is 2. The van der Waals surface area contributed by atoms with E-state index < -0.39 is 0 Å². The molecule has 2 aromatic rings. The van der Waals surface area contributed by atoms with Crippen LogP contribution < -0.4 is 5.32 Å². The Kier molecular flexibility index (Phi) is 4.17. The monoisotopic (exact) mass is 305 g/mol. The fourth-order valence-corrected chi connectivity index (χ4v) is 2.92. The van der Waals surface area contributed by atoms with E-state index in [9.17, 15) is 4.39 Å². The van der Waals surface area contributed by atoms with Gasteiger partial charge >= 0.3 is 0 Å². The molecular formula is C16H17ClFN3. The molecule has 1 aromatic heterocycles. The van der Waals surface area contributed by atoms with E-state index in [-0.39, 0.29) is 5.82 Å². The third-order valence-electron chi connectivity index (χ3n) is 3.68. The molecule has 0 fully saturated rings. The quantitative estimate of drug-likeness (QED) is 0.942. The molecule has 5 heteroatoms. The highest BCUT2D eigenvalue weighted by Gasteiger charge is 2.18. The number of hydrogen-bond donors (Lipinski definition) is 1. The summed E-state index contributed by atoms with van der Waals surface area (Å²) in [7, 11) is 0. The maximum absolute atomic E-state index is 13.2. The van der Waals surface area contributed by atoms with Gasteiger partial charge in [-0.25, -0.2) is 14.4 Å². The number of aryl methyl sites for hydroxylation is 1. The van der Waals surface area contributed by atoms with E-state index in [0.717, 1.165) is 43.7 Å². The van der Waals surface area contributed by atoms with E-state index in [1.54, 1.807) is 6.07 Å². The van der Waals surface area contributed by atoms with Crippen molar-refractivity contribution in [3.8, 4) is 11.4 Å².